The SMILES string of the molecule is COc1cc(C(=O)CCC2CC2)cc(OC)c1OC. The van der Waals surface area contributed by atoms with E-state index in [4.69, 9.17) is 14.2 Å². The molecule has 0 amide bonds. The van der Waals surface area contributed by atoms with E-state index < -0.39 is 0 Å². The van der Waals surface area contributed by atoms with E-state index in [1.54, 1.807) is 33.5 Å². The second kappa shape index (κ2) is 5.95. The zero-order valence-electron chi connectivity index (χ0n) is 11.7. The monoisotopic (exact) mass is 264 g/mol. The van der Waals surface area contributed by atoms with Crippen LogP contribution in [0.2, 0.25) is 0 Å². The van der Waals surface area contributed by atoms with Crippen molar-refractivity contribution in [2.45, 2.75) is 25.7 Å². The van der Waals surface area contributed by atoms with E-state index >= 15 is 0 Å². The Labute approximate surface area is 113 Å². The van der Waals surface area contributed by atoms with Crippen LogP contribution in [0.3, 0.4) is 0 Å². The molecule has 0 spiro atoms. The number of hydrogen-bond donors (Lipinski definition) is 0. The molecule has 0 aliphatic heterocycles. The summed E-state index contributed by atoms with van der Waals surface area (Å²) in [5, 5.41) is 0. The van der Waals surface area contributed by atoms with Crippen LogP contribution in [0.4, 0.5) is 0 Å². The lowest BCUT2D eigenvalue weighted by Gasteiger charge is -2.13. The lowest BCUT2D eigenvalue weighted by Crippen LogP contribution is -2.03. The van der Waals surface area contributed by atoms with Gasteiger partial charge in [-0.1, -0.05) is 12.8 Å². The van der Waals surface area contributed by atoms with Crippen molar-refractivity contribution in [3.63, 3.8) is 0 Å². The van der Waals surface area contributed by atoms with Crippen molar-refractivity contribution < 1.29 is 19.0 Å². The number of methoxy groups -OCH3 is 3. The molecule has 0 radical (unpaired) electrons. The maximum Gasteiger partial charge on any atom is 0.203 e. The van der Waals surface area contributed by atoms with Gasteiger partial charge >= 0.3 is 0 Å². The van der Waals surface area contributed by atoms with E-state index in [2.05, 4.69) is 0 Å². The van der Waals surface area contributed by atoms with Gasteiger partial charge in [-0.3, -0.25) is 4.79 Å². The zero-order chi connectivity index (χ0) is 13.8. The van der Waals surface area contributed by atoms with Gasteiger partial charge in [-0.15, -0.1) is 0 Å². The van der Waals surface area contributed by atoms with E-state index in [1.807, 2.05) is 0 Å². The lowest BCUT2D eigenvalue weighted by molar-refractivity contribution is 0.0977. The molecular weight excluding hydrogens is 244 g/mol. The van der Waals surface area contributed by atoms with Crippen LogP contribution in [-0.4, -0.2) is 27.1 Å². The molecule has 2 rings (SSSR count). The first-order valence-corrected chi connectivity index (χ1v) is 6.52. The normalized spacial score (nSPS) is 14.1. The summed E-state index contributed by atoms with van der Waals surface area (Å²) in [7, 11) is 4.65. The van der Waals surface area contributed by atoms with Gasteiger partial charge in [0, 0.05) is 12.0 Å². The Morgan fingerprint density at radius 2 is 1.68 bits per heavy atom. The molecule has 1 fully saturated rings. The third-order valence-electron chi connectivity index (χ3n) is 3.46. The molecule has 0 saturated heterocycles. The largest absolute Gasteiger partial charge is 0.493 e. The topological polar surface area (TPSA) is 44.8 Å². The molecule has 4 nitrogen and oxygen atoms in total. The molecule has 1 aliphatic carbocycles. The number of ether oxygens (including phenoxy) is 3. The Morgan fingerprint density at radius 1 is 1.11 bits per heavy atom. The highest BCUT2D eigenvalue weighted by Gasteiger charge is 2.23. The number of ketones is 1. The number of rotatable bonds is 7. The average Bonchev–Trinajstić information content (AvgIpc) is 3.27. The van der Waals surface area contributed by atoms with E-state index in [1.165, 1.54) is 12.8 Å². The van der Waals surface area contributed by atoms with Crippen molar-refractivity contribution in [3.8, 4) is 17.2 Å². The van der Waals surface area contributed by atoms with Gasteiger partial charge < -0.3 is 14.2 Å². The van der Waals surface area contributed by atoms with Crippen molar-refractivity contribution in [1.29, 1.82) is 0 Å². The molecule has 1 aromatic rings. The maximum atomic E-state index is 12.2. The molecule has 0 atom stereocenters. The molecule has 0 N–H and O–H groups in total. The van der Waals surface area contributed by atoms with Gasteiger partial charge in [0.15, 0.2) is 17.3 Å². The average molecular weight is 264 g/mol. The van der Waals surface area contributed by atoms with Gasteiger partial charge in [0.1, 0.15) is 0 Å². The van der Waals surface area contributed by atoms with Crippen molar-refractivity contribution in [3.05, 3.63) is 17.7 Å². The predicted molar refractivity (Wildman–Crippen MR) is 72.4 cm³/mol. The summed E-state index contributed by atoms with van der Waals surface area (Å²) in [5.74, 6) is 2.45. The quantitative estimate of drug-likeness (QED) is 0.710. The highest BCUT2D eigenvalue weighted by atomic mass is 16.5. The minimum atomic E-state index is 0.131. The second-order valence-corrected chi connectivity index (χ2v) is 4.82. The van der Waals surface area contributed by atoms with Crippen molar-refractivity contribution in [2.24, 2.45) is 5.92 Å². The van der Waals surface area contributed by atoms with Crippen molar-refractivity contribution in [1.82, 2.24) is 0 Å². The predicted octanol–water partition coefficient (Wildman–Crippen LogP) is 3.09. The van der Waals surface area contributed by atoms with Gasteiger partial charge in [0.2, 0.25) is 5.75 Å². The van der Waals surface area contributed by atoms with Crippen LogP contribution in [0.5, 0.6) is 17.2 Å². The first kappa shape index (κ1) is 13.7. The summed E-state index contributed by atoms with van der Waals surface area (Å²) in [5.41, 5.74) is 0.621. The Balaban J connectivity index is 2.21. The molecule has 19 heavy (non-hydrogen) atoms. The Kier molecular flexibility index (Phi) is 4.30. The summed E-state index contributed by atoms with van der Waals surface area (Å²) in [6, 6.07) is 3.44. The molecule has 0 heterocycles. The molecule has 0 aromatic heterocycles. The fourth-order valence-corrected chi connectivity index (χ4v) is 2.13. The number of hydrogen-bond acceptors (Lipinski definition) is 4. The third kappa shape index (κ3) is 3.19. The molecular formula is C15H20O4. The minimum Gasteiger partial charge on any atom is -0.493 e. The minimum absolute atomic E-state index is 0.131. The highest BCUT2D eigenvalue weighted by Crippen LogP contribution is 2.39. The molecule has 1 saturated carbocycles. The Morgan fingerprint density at radius 3 is 2.11 bits per heavy atom. The van der Waals surface area contributed by atoms with Gasteiger partial charge in [-0.2, -0.15) is 0 Å². The van der Waals surface area contributed by atoms with Crippen molar-refractivity contribution >= 4 is 5.78 Å². The zero-order valence-corrected chi connectivity index (χ0v) is 11.7. The van der Waals surface area contributed by atoms with Gasteiger partial charge in [-0.25, -0.2) is 0 Å². The number of Topliss-reactive ketones (excluding diaryl/α,β-unsaturated/α-hetero) is 1. The van der Waals surface area contributed by atoms with Crippen LogP contribution in [0.15, 0.2) is 12.1 Å². The molecule has 104 valence electrons. The Bertz CT molecular complexity index is 438. The van der Waals surface area contributed by atoms with Gasteiger partial charge in [0.05, 0.1) is 21.3 Å². The van der Waals surface area contributed by atoms with Crippen LogP contribution in [-0.2, 0) is 0 Å². The summed E-state index contributed by atoms with van der Waals surface area (Å²) in [4.78, 5) is 12.2. The first-order chi connectivity index (χ1) is 9.19. The first-order valence-electron chi connectivity index (χ1n) is 6.52. The van der Waals surface area contributed by atoms with Crippen LogP contribution < -0.4 is 14.2 Å². The second-order valence-electron chi connectivity index (χ2n) is 4.82. The van der Waals surface area contributed by atoms with Crippen LogP contribution in [0, 0.1) is 5.92 Å². The van der Waals surface area contributed by atoms with Crippen LogP contribution >= 0.6 is 0 Å². The number of carbonyl (C=O) groups is 1. The number of benzene rings is 1. The van der Waals surface area contributed by atoms with E-state index in [-0.39, 0.29) is 5.78 Å². The summed E-state index contributed by atoms with van der Waals surface area (Å²) < 4.78 is 15.7. The van der Waals surface area contributed by atoms with Gasteiger partial charge in [0.25, 0.3) is 0 Å². The summed E-state index contributed by atoms with van der Waals surface area (Å²) >= 11 is 0. The maximum absolute atomic E-state index is 12.2. The van der Waals surface area contributed by atoms with E-state index in [9.17, 15) is 4.79 Å². The molecule has 1 aromatic carbocycles. The molecule has 0 bridgehead atoms. The van der Waals surface area contributed by atoms with E-state index in [0.717, 1.165) is 12.3 Å². The standard InChI is InChI=1S/C15H20O4/c1-17-13-8-11(9-14(18-2)15(13)19-3)12(16)7-6-10-4-5-10/h8-10H,4-7H2,1-3H3. The summed E-state index contributed by atoms with van der Waals surface area (Å²) in [6.07, 6.45) is 4.10. The summed E-state index contributed by atoms with van der Waals surface area (Å²) in [6.45, 7) is 0. The fourth-order valence-electron chi connectivity index (χ4n) is 2.13. The fraction of sp³-hybridized carbons (Fsp3) is 0.533. The molecule has 4 heteroatoms. The smallest absolute Gasteiger partial charge is 0.203 e. The molecule has 0 unspecified atom stereocenters. The van der Waals surface area contributed by atoms with Crippen LogP contribution in [0.1, 0.15) is 36.0 Å². The van der Waals surface area contributed by atoms with E-state index in [0.29, 0.717) is 29.2 Å². The molecule has 1 aliphatic rings. The highest BCUT2D eigenvalue weighted by molar-refractivity contribution is 5.97. The third-order valence-corrected chi connectivity index (χ3v) is 3.46. The van der Waals surface area contributed by atoms with Gasteiger partial charge in [-0.05, 0) is 24.5 Å². The number of carbonyl (C=O) groups excluding carboxylic acids is 1. The lowest BCUT2D eigenvalue weighted by atomic mass is 10.0. The Hall–Kier alpha value is -1.71. The van der Waals surface area contributed by atoms with Crippen molar-refractivity contribution in [2.75, 3.05) is 21.3 Å². The van der Waals surface area contributed by atoms with Crippen LogP contribution in [0.25, 0.3) is 0 Å².